The van der Waals surface area contributed by atoms with Crippen molar-refractivity contribution in [3.8, 4) is 5.75 Å². The van der Waals surface area contributed by atoms with Gasteiger partial charge in [0.2, 0.25) is 0 Å². The fourth-order valence-corrected chi connectivity index (χ4v) is 6.03. The van der Waals surface area contributed by atoms with Gasteiger partial charge in [-0.2, -0.15) is 0 Å². The highest BCUT2D eigenvalue weighted by Crippen LogP contribution is 2.26. The fraction of sp³-hybridized carbons (Fsp3) is 0.238. The van der Waals surface area contributed by atoms with Gasteiger partial charge in [0.25, 0.3) is 5.91 Å². The van der Waals surface area contributed by atoms with Crippen LogP contribution in [0, 0.1) is 5.41 Å². The summed E-state index contributed by atoms with van der Waals surface area (Å²) in [5, 5.41) is 15.9. The maximum atomic E-state index is 14.0. The van der Waals surface area contributed by atoms with Gasteiger partial charge in [0.1, 0.15) is 23.2 Å². The van der Waals surface area contributed by atoms with Gasteiger partial charge < -0.3 is 19.4 Å². The summed E-state index contributed by atoms with van der Waals surface area (Å²) in [5.41, 5.74) is 3.24. The number of hydrogen-bond acceptors (Lipinski definition) is 9. The first kappa shape index (κ1) is 37.2. The van der Waals surface area contributed by atoms with Crippen molar-refractivity contribution in [2.45, 2.75) is 45.6 Å². The van der Waals surface area contributed by atoms with Crippen LogP contribution >= 0.6 is 0 Å². The smallest absolute Gasteiger partial charge is 0.412 e. The Morgan fingerprint density at radius 3 is 2.44 bits per heavy atom. The number of amides is 2. The number of carbonyl (C=O) groups is 3. The summed E-state index contributed by atoms with van der Waals surface area (Å²) in [4.78, 5) is 49.8. The lowest BCUT2D eigenvalue weighted by atomic mass is 10.1. The van der Waals surface area contributed by atoms with E-state index >= 15 is 0 Å². The van der Waals surface area contributed by atoms with Crippen molar-refractivity contribution in [1.29, 1.82) is 5.41 Å². The standard InChI is InChI=1S/C42H43N7O5/c1-3-4-5-10-26-53-42(52)47-40(43)30-17-20-32(21-18-30)45-28-38-46-34-27-31(19-22-35(34)48(38)2)41(51)49(37-16-8-9-24-44-37)25-23-39(50)54-36-15-11-13-29-12-6-7-14-33(29)36/h6-9,11-22,24,27,45H,3-5,10,23,25-26,28H2,1-2H3,(H2,43,47,52). The minimum absolute atomic E-state index is 0.0386. The third-order valence-electron chi connectivity index (χ3n) is 8.99. The topological polar surface area (TPSA) is 152 Å². The molecule has 0 saturated heterocycles. The number of aryl methyl sites for hydroxylation is 1. The quantitative estimate of drug-likeness (QED) is 0.0317. The lowest BCUT2D eigenvalue weighted by Gasteiger charge is -2.21. The van der Waals surface area contributed by atoms with Gasteiger partial charge in [-0.3, -0.25) is 25.2 Å². The average molecular weight is 726 g/mol. The molecule has 0 aliphatic carbocycles. The van der Waals surface area contributed by atoms with Gasteiger partial charge in [-0.05, 0) is 72.5 Å². The summed E-state index contributed by atoms with van der Waals surface area (Å²) in [6, 6.07) is 31.0. The number of hydrogen-bond donors (Lipinski definition) is 3. The SMILES string of the molecule is CCCCCCOC(=O)NC(=N)c1ccc(NCc2nc3cc(C(=O)N(CCC(=O)Oc4cccc5ccccc45)c4ccccn4)ccc3n2C)cc1. The second-order valence-electron chi connectivity index (χ2n) is 12.8. The number of imidazole rings is 1. The van der Waals surface area contributed by atoms with Gasteiger partial charge in [0.15, 0.2) is 0 Å². The van der Waals surface area contributed by atoms with Gasteiger partial charge in [-0.1, -0.05) is 68.7 Å². The monoisotopic (exact) mass is 725 g/mol. The molecule has 0 radical (unpaired) electrons. The largest absolute Gasteiger partial charge is 0.449 e. The molecular formula is C42H43N7O5. The lowest BCUT2D eigenvalue weighted by Crippen LogP contribution is -2.34. The van der Waals surface area contributed by atoms with Crippen LogP contribution in [-0.4, -0.2) is 51.5 Å². The van der Waals surface area contributed by atoms with Crippen LogP contribution in [0.2, 0.25) is 0 Å². The molecule has 6 aromatic rings. The molecule has 12 nitrogen and oxygen atoms in total. The first-order valence-corrected chi connectivity index (χ1v) is 18.0. The van der Waals surface area contributed by atoms with Crippen LogP contribution in [0.1, 0.15) is 60.8 Å². The highest BCUT2D eigenvalue weighted by Gasteiger charge is 2.22. The molecule has 0 atom stereocenters. The molecule has 54 heavy (non-hydrogen) atoms. The molecule has 3 N–H and O–H groups in total. The number of rotatable bonds is 15. The zero-order valence-electron chi connectivity index (χ0n) is 30.4. The average Bonchev–Trinajstić information content (AvgIpc) is 3.51. The van der Waals surface area contributed by atoms with E-state index in [0.717, 1.165) is 53.5 Å². The molecule has 0 unspecified atom stereocenters. The normalized spacial score (nSPS) is 10.9. The van der Waals surface area contributed by atoms with Crippen molar-refractivity contribution in [3.63, 3.8) is 0 Å². The molecule has 0 aliphatic rings. The predicted molar refractivity (Wildman–Crippen MR) is 210 cm³/mol. The summed E-state index contributed by atoms with van der Waals surface area (Å²) in [6.07, 6.45) is 4.94. The third kappa shape index (κ3) is 9.26. The number of nitrogens with one attached hydrogen (secondary N) is 3. The number of anilines is 2. The van der Waals surface area contributed by atoms with Gasteiger partial charge in [0.05, 0.1) is 30.6 Å². The van der Waals surface area contributed by atoms with Crippen LogP contribution in [0.5, 0.6) is 5.75 Å². The number of carbonyl (C=O) groups excluding carboxylic acids is 3. The number of ether oxygens (including phenoxy) is 2. The Balaban J connectivity index is 1.08. The number of aromatic nitrogens is 3. The van der Waals surface area contributed by atoms with Gasteiger partial charge in [-0.15, -0.1) is 0 Å². The Bertz CT molecular complexity index is 2250. The number of nitrogens with zero attached hydrogens (tertiary/aromatic N) is 4. The molecule has 6 rings (SSSR count). The van der Waals surface area contributed by atoms with E-state index < -0.39 is 12.1 Å². The van der Waals surface area contributed by atoms with Crippen LogP contribution in [0.3, 0.4) is 0 Å². The van der Waals surface area contributed by atoms with E-state index in [4.69, 9.17) is 19.9 Å². The molecule has 0 fully saturated rings. The second-order valence-corrected chi connectivity index (χ2v) is 12.8. The minimum atomic E-state index is -0.632. The minimum Gasteiger partial charge on any atom is -0.449 e. The molecule has 12 heteroatoms. The van der Waals surface area contributed by atoms with Crippen molar-refractivity contribution >= 4 is 57.1 Å². The van der Waals surface area contributed by atoms with E-state index in [1.54, 1.807) is 54.7 Å². The summed E-state index contributed by atoms with van der Waals surface area (Å²) in [6.45, 7) is 2.91. The highest BCUT2D eigenvalue weighted by molar-refractivity contribution is 6.07. The molecule has 0 spiro atoms. The van der Waals surface area contributed by atoms with E-state index in [-0.39, 0.29) is 24.7 Å². The van der Waals surface area contributed by atoms with Gasteiger partial charge >= 0.3 is 12.1 Å². The van der Waals surface area contributed by atoms with Crippen LogP contribution in [0.15, 0.2) is 109 Å². The molecule has 0 saturated carbocycles. The van der Waals surface area contributed by atoms with E-state index in [2.05, 4.69) is 22.5 Å². The van der Waals surface area contributed by atoms with Crippen molar-refractivity contribution in [1.82, 2.24) is 19.9 Å². The van der Waals surface area contributed by atoms with Crippen molar-refractivity contribution in [2.75, 3.05) is 23.4 Å². The van der Waals surface area contributed by atoms with Crippen molar-refractivity contribution in [3.05, 3.63) is 126 Å². The number of unbranched alkanes of at least 4 members (excludes halogenated alkanes) is 3. The summed E-state index contributed by atoms with van der Waals surface area (Å²) in [7, 11) is 1.91. The first-order chi connectivity index (χ1) is 26.3. The summed E-state index contributed by atoms with van der Waals surface area (Å²) >= 11 is 0. The number of fused-ring (bicyclic) bond motifs is 2. The van der Waals surface area contributed by atoms with Gasteiger partial charge in [0, 0.05) is 42.0 Å². The Kier molecular flexibility index (Phi) is 12.2. The van der Waals surface area contributed by atoms with Crippen LogP contribution in [-0.2, 0) is 23.1 Å². The van der Waals surface area contributed by atoms with Crippen molar-refractivity contribution < 1.29 is 23.9 Å². The van der Waals surface area contributed by atoms with Crippen LogP contribution < -0.4 is 20.3 Å². The van der Waals surface area contributed by atoms with Crippen LogP contribution in [0.25, 0.3) is 21.8 Å². The number of alkyl carbamates (subject to hydrolysis) is 1. The first-order valence-electron chi connectivity index (χ1n) is 18.0. The molecule has 0 aliphatic heterocycles. The third-order valence-corrected chi connectivity index (χ3v) is 8.99. The molecule has 276 valence electrons. The number of pyridine rings is 1. The molecule has 4 aromatic carbocycles. The summed E-state index contributed by atoms with van der Waals surface area (Å²) in [5.74, 6) is 0.809. The number of esters is 1. The maximum Gasteiger partial charge on any atom is 0.412 e. The number of benzene rings is 4. The Labute approximate surface area is 313 Å². The van der Waals surface area contributed by atoms with Crippen LogP contribution in [0.4, 0.5) is 16.3 Å². The number of amidine groups is 1. The fourth-order valence-electron chi connectivity index (χ4n) is 6.03. The Morgan fingerprint density at radius 1 is 0.870 bits per heavy atom. The molecule has 2 aromatic heterocycles. The van der Waals surface area contributed by atoms with Crippen molar-refractivity contribution in [2.24, 2.45) is 7.05 Å². The zero-order chi connectivity index (χ0) is 37.9. The molecule has 2 heterocycles. The Morgan fingerprint density at radius 2 is 1.65 bits per heavy atom. The predicted octanol–water partition coefficient (Wildman–Crippen LogP) is 8.01. The molecular weight excluding hydrogens is 683 g/mol. The van der Waals surface area contributed by atoms with E-state index in [1.807, 2.05) is 66.2 Å². The molecule has 0 bridgehead atoms. The summed E-state index contributed by atoms with van der Waals surface area (Å²) < 4.78 is 12.9. The van der Waals surface area contributed by atoms with E-state index in [1.165, 1.54) is 4.90 Å². The molecule has 2 amide bonds. The highest BCUT2D eigenvalue weighted by atomic mass is 16.5. The second kappa shape index (κ2) is 17.8. The van der Waals surface area contributed by atoms with E-state index in [0.29, 0.717) is 41.4 Å². The zero-order valence-corrected chi connectivity index (χ0v) is 30.4. The van der Waals surface area contributed by atoms with Gasteiger partial charge in [-0.25, -0.2) is 14.8 Å². The maximum absolute atomic E-state index is 14.0. The van der Waals surface area contributed by atoms with E-state index in [9.17, 15) is 14.4 Å². The lowest BCUT2D eigenvalue weighted by molar-refractivity contribution is -0.134. The Hall–Kier alpha value is -6.56.